The van der Waals surface area contributed by atoms with Gasteiger partial charge in [0.15, 0.2) is 0 Å². The Morgan fingerprint density at radius 1 is 1.42 bits per heavy atom. The van der Waals surface area contributed by atoms with Crippen LogP contribution in [0.5, 0.6) is 0 Å². The molecule has 2 amide bonds. The number of likely N-dealkylation sites (tertiary alicyclic amines) is 1. The summed E-state index contributed by atoms with van der Waals surface area (Å²) >= 11 is 0. The van der Waals surface area contributed by atoms with Crippen LogP contribution in [-0.4, -0.2) is 79.0 Å². The summed E-state index contributed by atoms with van der Waals surface area (Å²) in [6, 6.07) is -0.0593. The minimum absolute atomic E-state index is 0.0593. The van der Waals surface area contributed by atoms with Crippen molar-refractivity contribution in [1.29, 1.82) is 0 Å². The summed E-state index contributed by atoms with van der Waals surface area (Å²) in [7, 11) is 1.60. The van der Waals surface area contributed by atoms with Crippen LogP contribution in [-0.2, 0) is 14.3 Å². The molecule has 1 heterocycles. The standard InChI is InChI=1S/C12H22N2O5/c1-4-13(5-6-18-3)11(17)14-8-12(2,9-14)19-7-10(15)16/h4-9H2,1-3H3,(H,15,16). The molecule has 1 saturated heterocycles. The largest absolute Gasteiger partial charge is 0.480 e. The zero-order valence-electron chi connectivity index (χ0n) is 11.7. The van der Waals surface area contributed by atoms with E-state index in [9.17, 15) is 9.59 Å². The Hall–Kier alpha value is -1.34. The molecule has 0 spiro atoms. The molecule has 1 N–H and O–H groups in total. The van der Waals surface area contributed by atoms with E-state index in [4.69, 9.17) is 14.6 Å². The maximum Gasteiger partial charge on any atom is 0.329 e. The molecule has 1 aliphatic heterocycles. The Morgan fingerprint density at radius 2 is 2.05 bits per heavy atom. The SMILES string of the molecule is CCN(CCOC)C(=O)N1CC(C)(OCC(=O)O)C1. The van der Waals surface area contributed by atoms with Gasteiger partial charge in [-0.1, -0.05) is 0 Å². The molecule has 0 atom stereocenters. The van der Waals surface area contributed by atoms with E-state index in [-0.39, 0.29) is 12.6 Å². The number of ether oxygens (including phenoxy) is 2. The van der Waals surface area contributed by atoms with Crippen molar-refractivity contribution >= 4 is 12.0 Å². The summed E-state index contributed by atoms with van der Waals surface area (Å²) in [5, 5.41) is 8.57. The molecule has 1 fully saturated rings. The Labute approximate surface area is 113 Å². The molecule has 7 nitrogen and oxygen atoms in total. The Kier molecular flexibility index (Phi) is 5.56. The van der Waals surface area contributed by atoms with Crippen molar-refractivity contribution in [3.05, 3.63) is 0 Å². The van der Waals surface area contributed by atoms with Crippen molar-refractivity contribution in [2.75, 3.05) is 46.5 Å². The van der Waals surface area contributed by atoms with Gasteiger partial charge in [-0.3, -0.25) is 0 Å². The van der Waals surface area contributed by atoms with E-state index in [0.717, 1.165) is 0 Å². The predicted molar refractivity (Wildman–Crippen MR) is 68.1 cm³/mol. The maximum absolute atomic E-state index is 12.1. The van der Waals surface area contributed by atoms with Crippen LogP contribution in [0.4, 0.5) is 4.79 Å². The van der Waals surface area contributed by atoms with Crippen LogP contribution in [0.25, 0.3) is 0 Å². The van der Waals surface area contributed by atoms with Crippen LogP contribution in [0.3, 0.4) is 0 Å². The Balaban J connectivity index is 2.39. The highest BCUT2D eigenvalue weighted by atomic mass is 16.5. The first-order valence-electron chi connectivity index (χ1n) is 6.30. The third-order valence-electron chi connectivity index (χ3n) is 3.08. The van der Waals surface area contributed by atoms with Gasteiger partial charge in [0.25, 0.3) is 0 Å². The number of carbonyl (C=O) groups excluding carboxylic acids is 1. The molecule has 0 radical (unpaired) electrons. The molecule has 110 valence electrons. The molecule has 7 heteroatoms. The topological polar surface area (TPSA) is 79.3 Å². The summed E-state index contributed by atoms with van der Waals surface area (Å²) in [4.78, 5) is 25.9. The number of urea groups is 1. The van der Waals surface area contributed by atoms with Gasteiger partial charge in [-0.15, -0.1) is 0 Å². The highest BCUT2D eigenvalue weighted by Crippen LogP contribution is 2.25. The van der Waals surface area contributed by atoms with E-state index in [2.05, 4.69) is 0 Å². The second-order valence-electron chi connectivity index (χ2n) is 4.84. The first-order chi connectivity index (χ1) is 8.91. The molecule has 0 bridgehead atoms. The molecule has 0 unspecified atom stereocenters. The van der Waals surface area contributed by atoms with E-state index in [1.165, 1.54) is 0 Å². The van der Waals surface area contributed by atoms with Crippen molar-refractivity contribution in [2.45, 2.75) is 19.4 Å². The van der Waals surface area contributed by atoms with E-state index in [0.29, 0.717) is 32.8 Å². The fraction of sp³-hybridized carbons (Fsp3) is 0.833. The molecule has 1 rings (SSSR count). The number of carbonyl (C=O) groups is 2. The highest BCUT2D eigenvalue weighted by Gasteiger charge is 2.43. The minimum Gasteiger partial charge on any atom is -0.480 e. The third kappa shape index (κ3) is 4.36. The Bertz CT molecular complexity index is 328. The summed E-state index contributed by atoms with van der Waals surface area (Å²) in [6.07, 6.45) is 0. The van der Waals surface area contributed by atoms with E-state index >= 15 is 0 Å². The lowest BCUT2D eigenvalue weighted by Gasteiger charge is -2.48. The van der Waals surface area contributed by atoms with Crippen molar-refractivity contribution < 1.29 is 24.2 Å². The molecule has 0 aromatic heterocycles. The van der Waals surface area contributed by atoms with Crippen LogP contribution in [0, 0.1) is 0 Å². The van der Waals surface area contributed by atoms with Gasteiger partial charge in [0.2, 0.25) is 0 Å². The second-order valence-corrected chi connectivity index (χ2v) is 4.84. The van der Waals surface area contributed by atoms with Gasteiger partial charge in [0.05, 0.1) is 19.7 Å². The lowest BCUT2D eigenvalue weighted by atomic mass is 9.97. The van der Waals surface area contributed by atoms with Crippen molar-refractivity contribution in [3.8, 4) is 0 Å². The van der Waals surface area contributed by atoms with Crippen LogP contribution in [0.15, 0.2) is 0 Å². The molecule has 0 saturated carbocycles. The first kappa shape index (κ1) is 15.7. The normalized spacial score (nSPS) is 16.9. The van der Waals surface area contributed by atoms with Gasteiger partial charge >= 0.3 is 12.0 Å². The number of carboxylic acids is 1. The lowest BCUT2D eigenvalue weighted by molar-refractivity contribution is -0.160. The van der Waals surface area contributed by atoms with Crippen LogP contribution < -0.4 is 0 Å². The molecule has 0 aliphatic carbocycles. The Morgan fingerprint density at radius 3 is 2.53 bits per heavy atom. The number of likely N-dealkylation sites (N-methyl/N-ethyl adjacent to an activating group) is 1. The maximum atomic E-state index is 12.1. The lowest BCUT2D eigenvalue weighted by Crippen LogP contribution is -2.65. The van der Waals surface area contributed by atoms with Crippen molar-refractivity contribution in [3.63, 3.8) is 0 Å². The van der Waals surface area contributed by atoms with Crippen molar-refractivity contribution in [2.24, 2.45) is 0 Å². The fourth-order valence-electron chi connectivity index (χ4n) is 2.01. The van der Waals surface area contributed by atoms with Crippen LogP contribution in [0.2, 0.25) is 0 Å². The average molecular weight is 274 g/mol. The summed E-state index contributed by atoms with van der Waals surface area (Å²) in [6.45, 7) is 5.89. The molecule has 19 heavy (non-hydrogen) atoms. The van der Waals surface area contributed by atoms with Gasteiger partial charge in [-0.2, -0.15) is 0 Å². The van der Waals surface area contributed by atoms with Crippen LogP contribution >= 0.6 is 0 Å². The van der Waals surface area contributed by atoms with Gasteiger partial charge in [-0.05, 0) is 13.8 Å². The number of nitrogens with zero attached hydrogens (tertiary/aromatic N) is 2. The average Bonchev–Trinajstić information content (AvgIpc) is 2.33. The zero-order valence-corrected chi connectivity index (χ0v) is 11.7. The number of hydrogen-bond donors (Lipinski definition) is 1. The second kappa shape index (κ2) is 6.72. The monoisotopic (exact) mass is 274 g/mol. The predicted octanol–water partition coefficient (Wildman–Crippen LogP) is 0.250. The van der Waals surface area contributed by atoms with Gasteiger partial charge in [0, 0.05) is 20.2 Å². The number of aliphatic carboxylic acids is 1. The highest BCUT2D eigenvalue weighted by molar-refractivity contribution is 5.75. The fourth-order valence-corrected chi connectivity index (χ4v) is 2.01. The van der Waals surface area contributed by atoms with Gasteiger partial charge < -0.3 is 24.4 Å². The van der Waals surface area contributed by atoms with Gasteiger partial charge in [0.1, 0.15) is 12.2 Å². The molecular formula is C12H22N2O5. The van der Waals surface area contributed by atoms with E-state index in [1.54, 1.807) is 16.9 Å². The quantitative estimate of drug-likeness (QED) is 0.720. The van der Waals surface area contributed by atoms with E-state index in [1.807, 2.05) is 13.8 Å². The van der Waals surface area contributed by atoms with Crippen LogP contribution in [0.1, 0.15) is 13.8 Å². The van der Waals surface area contributed by atoms with Gasteiger partial charge in [-0.25, -0.2) is 9.59 Å². The third-order valence-corrected chi connectivity index (χ3v) is 3.08. The van der Waals surface area contributed by atoms with Crippen molar-refractivity contribution in [1.82, 2.24) is 9.80 Å². The molecule has 0 aromatic carbocycles. The molecule has 1 aliphatic rings. The molecule has 0 aromatic rings. The number of rotatable bonds is 7. The number of amides is 2. The number of methoxy groups -OCH3 is 1. The number of hydrogen-bond acceptors (Lipinski definition) is 4. The zero-order chi connectivity index (χ0) is 14.5. The summed E-state index contributed by atoms with van der Waals surface area (Å²) in [5.74, 6) is -0.999. The smallest absolute Gasteiger partial charge is 0.329 e. The van der Waals surface area contributed by atoms with E-state index < -0.39 is 11.6 Å². The minimum atomic E-state index is -0.999. The molecular weight excluding hydrogens is 252 g/mol. The first-order valence-corrected chi connectivity index (χ1v) is 6.30. The number of carboxylic acid groups (broad SMARTS) is 1. The summed E-state index contributed by atoms with van der Waals surface area (Å²) in [5.41, 5.74) is -0.547. The summed E-state index contributed by atoms with van der Waals surface area (Å²) < 4.78 is 10.2.